The van der Waals surface area contributed by atoms with Crippen LogP contribution in [0.3, 0.4) is 0 Å². The van der Waals surface area contributed by atoms with E-state index in [1.807, 2.05) is 73.7 Å². The summed E-state index contributed by atoms with van der Waals surface area (Å²) in [7, 11) is -3.37. The summed E-state index contributed by atoms with van der Waals surface area (Å²) in [6.45, 7) is 2.68. The monoisotopic (exact) mass is 544 g/mol. The number of ether oxygens (including phenoxy) is 2. The van der Waals surface area contributed by atoms with Crippen molar-refractivity contribution in [1.82, 2.24) is 19.7 Å². The van der Waals surface area contributed by atoms with Crippen LogP contribution in [0.25, 0.3) is 22.6 Å². The summed E-state index contributed by atoms with van der Waals surface area (Å²) < 4.78 is 39.1. The number of rotatable bonds is 8. The van der Waals surface area contributed by atoms with E-state index in [4.69, 9.17) is 19.4 Å². The average Bonchev–Trinajstić information content (AvgIpc) is 3.60. The van der Waals surface area contributed by atoms with E-state index in [2.05, 4.69) is 9.71 Å². The van der Waals surface area contributed by atoms with Gasteiger partial charge in [-0.15, -0.1) is 0 Å². The highest BCUT2D eigenvalue weighted by molar-refractivity contribution is 7.88. The van der Waals surface area contributed by atoms with Gasteiger partial charge < -0.3 is 14.5 Å². The van der Waals surface area contributed by atoms with E-state index in [1.165, 1.54) is 0 Å². The lowest BCUT2D eigenvalue weighted by Crippen LogP contribution is -2.32. The average molecular weight is 545 g/mol. The molecule has 39 heavy (non-hydrogen) atoms. The van der Waals surface area contributed by atoms with Gasteiger partial charge in [-0.3, -0.25) is 4.98 Å². The predicted octanol–water partition coefficient (Wildman–Crippen LogP) is 5.57. The van der Waals surface area contributed by atoms with E-state index in [0.717, 1.165) is 76.9 Å². The zero-order valence-corrected chi connectivity index (χ0v) is 22.7. The lowest BCUT2D eigenvalue weighted by molar-refractivity contribution is 0.174. The fourth-order valence-electron chi connectivity index (χ4n) is 5.43. The molecule has 0 radical (unpaired) electrons. The van der Waals surface area contributed by atoms with E-state index in [1.54, 1.807) is 0 Å². The Morgan fingerprint density at radius 3 is 2.51 bits per heavy atom. The number of hydrogen-bond acceptors (Lipinski definition) is 6. The number of sulfonamides is 1. The Bertz CT molecular complexity index is 1560. The quantitative estimate of drug-likeness (QED) is 0.300. The smallest absolute Gasteiger partial charge is 0.231 e. The van der Waals surface area contributed by atoms with Crippen LogP contribution in [0.2, 0.25) is 0 Å². The van der Waals surface area contributed by atoms with Crippen LogP contribution in [0.5, 0.6) is 11.5 Å². The molecule has 3 heterocycles. The third-order valence-corrected chi connectivity index (χ3v) is 8.86. The molecule has 2 N–H and O–H groups in total. The maximum atomic E-state index is 12.6. The van der Waals surface area contributed by atoms with E-state index < -0.39 is 10.0 Å². The Kier molecular flexibility index (Phi) is 7.10. The molecule has 2 aromatic heterocycles. The minimum atomic E-state index is -3.37. The molecule has 8 nitrogen and oxygen atoms in total. The van der Waals surface area contributed by atoms with Crippen molar-refractivity contribution in [2.75, 3.05) is 13.3 Å². The Morgan fingerprint density at radius 2 is 1.72 bits per heavy atom. The number of benzene rings is 2. The maximum absolute atomic E-state index is 12.6. The molecule has 1 saturated carbocycles. The Labute approximate surface area is 228 Å². The molecule has 0 saturated heterocycles. The molecule has 1 aliphatic heterocycles. The number of pyridine rings is 1. The third-order valence-electron chi connectivity index (χ3n) is 7.54. The lowest BCUT2D eigenvalue weighted by atomic mass is 9.82. The van der Waals surface area contributed by atoms with Crippen LogP contribution in [0.4, 0.5) is 0 Å². The highest BCUT2D eigenvalue weighted by Crippen LogP contribution is 2.41. The molecule has 0 unspecified atom stereocenters. The van der Waals surface area contributed by atoms with Gasteiger partial charge in [0.05, 0.1) is 22.8 Å². The number of imidazole rings is 1. The van der Waals surface area contributed by atoms with Gasteiger partial charge in [0.1, 0.15) is 5.82 Å². The molecule has 1 aliphatic carbocycles. The van der Waals surface area contributed by atoms with Crippen molar-refractivity contribution >= 4 is 10.0 Å². The number of nitrogens with one attached hydrogen (secondary N) is 2. The van der Waals surface area contributed by atoms with Crippen molar-refractivity contribution in [1.29, 1.82) is 0 Å². The van der Waals surface area contributed by atoms with Gasteiger partial charge in [-0.1, -0.05) is 36.4 Å². The summed E-state index contributed by atoms with van der Waals surface area (Å²) in [6, 6.07) is 21.2. The van der Waals surface area contributed by atoms with Gasteiger partial charge in [0.15, 0.2) is 11.5 Å². The summed E-state index contributed by atoms with van der Waals surface area (Å²) in [4.78, 5) is 13.4. The zero-order chi connectivity index (χ0) is 26.8. The summed E-state index contributed by atoms with van der Waals surface area (Å²) >= 11 is 0. The number of fused-ring (bicyclic) bond motifs is 1. The second-order valence-electron chi connectivity index (χ2n) is 10.4. The molecular weight excluding hydrogens is 512 g/mol. The number of aryl methyl sites for hydroxylation is 1. The third kappa shape index (κ3) is 5.84. The normalized spacial score (nSPS) is 18.8. The molecule has 2 aromatic carbocycles. The standard InChI is InChI=1S/C30H32N4O4S/c1-20-6-5-9-25(32-20)29-28(24-14-15-26-27(16-24)38-19-37-26)33-30(34-29)23-12-10-21(11-13-23)17-31-39(35,36)18-22-7-3-2-4-8-22/h2-9,14-16,21,23,31H,10-13,17-19H2,1H3,(H,33,34). The molecule has 202 valence electrons. The van der Waals surface area contributed by atoms with Crippen LogP contribution in [0, 0.1) is 12.8 Å². The van der Waals surface area contributed by atoms with Gasteiger partial charge >= 0.3 is 0 Å². The van der Waals surface area contributed by atoms with Gasteiger partial charge in [-0.25, -0.2) is 18.1 Å². The summed E-state index contributed by atoms with van der Waals surface area (Å²) in [5.41, 5.74) is 5.27. The first kappa shape index (κ1) is 25.6. The molecule has 2 aliphatic rings. The molecule has 0 amide bonds. The Hall–Kier alpha value is -3.69. The molecule has 6 rings (SSSR count). The van der Waals surface area contributed by atoms with Crippen molar-refractivity contribution in [2.45, 2.75) is 44.3 Å². The van der Waals surface area contributed by atoms with E-state index in [0.29, 0.717) is 12.5 Å². The number of H-pyrrole nitrogens is 1. The van der Waals surface area contributed by atoms with E-state index >= 15 is 0 Å². The fraction of sp³-hybridized carbons (Fsp3) is 0.333. The van der Waals surface area contributed by atoms with Crippen LogP contribution < -0.4 is 14.2 Å². The minimum Gasteiger partial charge on any atom is -0.454 e. The van der Waals surface area contributed by atoms with E-state index in [-0.39, 0.29) is 18.5 Å². The SMILES string of the molecule is Cc1cccc(-c2[nH]c(C3CCC(CNS(=O)(=O)Cc4ccccc4)CC3)nc2-c2ccc3c(c2)OCO3)n1. The molecular formula is C30H32N4O4S. The van der Waals surface area contributed by atoms with Crippen LogP contribution in [-0.4, -0.2) is 36.7 Å². The van der Waals surface area contributed by atoms with Gasteiger partial charge in [0.2, 0.25) is 16.8 Å². The largest absolute Gasteiger partial charge is 0.454 e. The number of aromatic nitrogens is 3. The van der Waals surface area contributed by atoms with Crippen LogP contribution in [-0.2, 0) is 15.8 Å². The second-order valence-corrected chi connectivity index (χ2v) is 12.2. The maximum Gasteiger partial charge on any atom is 0.231 e. The van der Waals surface area contributed by atoms with Crippen molar-refractivity contribution in [3.8, 4) is 34.1 Å². The summed E-state index contributed by atoms with van der Waals surface area (Å²) in [5, 5.41) is 0. The minimum absolute atomic E-state index is 0.00793. The highest BCUT2D eigenvalue weighted by Gasteiger charge is 2.28. The molecule has 0 bridgehead atoms. The lowest BCUT2D eigenvalue weighted by Gasteiger charge is -2.27. The Balaban J connectivity index is 1.16. The van der Waals surface area contributed by atoms with E-state index in [9.17, 15) is 8.42 Å². The zero-order valence-electron chi connectivity index (χ0n) is 21.9. The summed E-state index contributed by atoms with van der Waals surface area (Å²) in [6.07, 6.45) is 3.77. The van der Waals surface area contributed by atoms with Gasteiger partial charge in [-0.2, -0.15) is 0 Å². The van der Waals surface area contributed by atoms with Crippen molar-refractivity contribution < 1.29 is 17.9 Å². The summed E-state index contributed by atoms with van der Waals surface area (Å²) in [5.74, 6) is 3.00. The first-order valence-electron chi connectivity index (χ1n) is 13.4. The van der Waals surface area contributed by atoms with Gasteiger partial charge in [0, 0.05) is 23.7 Å². The van der Waals surface area contributed by atoms with Crippen molar-refractivity contribution in [2.24, 2.45) is 5.92 Å². The first-order chi connectivity index (χ1) is 18.9. The highest BCUT2D eigenvalue weighted by atomic mass is 32.2. The molecule has 0 spiro atoms. The molecule has 4 aromatic rings. The predicted molar refractivity (Wildman–Crippen MR) is 150 cm³/mol. The van der Waals surface area contributed by atoms with Crippen LogP contribution in [0.1, 0.15) is 48.7 Å². The Morgan fingerprint density at radius 1 is 0.923 bits per heavy atom. The molecule has 9 heteroatoms. The van der Waals surface area contributed by atoms with Gasteiger partial charge in [0.25, 0.3) is 0 Å². The molecule has 1 fully saturated rings. The van der Waals surface area contributed by atoms with Crippen molar-refractivity contribution in [3.05, 3.63) is 83.8 Å². The fourth-order valence-corrected chi connectivity index (χ4v) is 6.66. The first-order valence-corrected chi connectivity index (χ1v) is 15.0. The number of hydrogen-bond donors (Lipinski definition) is 2. The number of aromatic amines is 1. The molecule has 0 atom stereocenters. The van der Waals surface area contributed by atoms with Crippen molar-refractivity contribution in [3.63, 3.8) is 0 Å². The number of nitrogens with zero attached hydrogens (tertiary/aromatic N) is 2. The van der Waals surface area contributed by atoms with Crippen LogP contribution >= 0.6 is 0 Å². The van der Waals surface area contributed by atoms with Crippen LogP contribution in [0.15, 0.2) is 66.7 Å². The van der Waals surface area contributed by atoms with Gasteiger partial charge in [-0.05, 0) is 74.4 Å². The second kappa shape index (κ2) is 10.8. The topological polar surface area (TPSA) is 106 Å².